The lowest BCUT2D eigenvalue weighted by molar-refractivity contribution is -0.143. The number of benzene rings is 2. The first kappa shape index (κ1) is 16.4. The Hall–Kier alpha value is -1.94. The Kier molecular flexibility index (Phi) is 5.50. The van der Waals surface area contributed by atoms with E-state index in [2.05, 4.69) is 15.9 Å². The molecule has 0 fully saturated rings. The van der Waals surface area contributed by atoms with Crippen molar-refractivity contribution in [2.75, 3.05) is 6.61 Å². The van der Waals surface area contributed by atoms with E-state index in [1.807, 2.05) is 31.2 Å². The van der Waals surface area contributed by atoms with Crippen LogP contribution in [0, 0.1) is 6.92 Å². The SMILES string of the molecule is CCOC(=O)C(C(=O)c1ccc(C)cc1)c1ccc(Br)cc1. The normalized spacial score (nSPS) is 11.8. The Balaban J connectivity index is 2.39. The summed E-state index contributed by atoms with van der Waals surface area (Å²) >= 11 is 3.35. The maximum Gasteiger partial charge on any atom is 0.321 e. The van der Waals surface area contributed by atoms with Gasteiger partial charge >= 0.3 is 5.97 Å². The Bertz CT molecular complexity index is 660. The number of ether oxygens (including phenoxy) is 1. The van der Waals surface area contributed by atoms with Gasteiger partial charge in [-0.3, -0.25) is 9.59 Å². The van der Waals surface area contributed by atoms with Crippen LogP contribution in [-0.2, 0) is 9.53 Å². The predicted octanol–water partition coefficient (Wildman–Crippen LogP) is 4.29. The molecule has 0 spiro atoms. The standard InChI is InChI=1S/C18H17BrO3/c1-3-22-18(21)16(13-8-10-15(19)11-9-13)17(20)14-6-4-12(2)5-7-14/h4-11,16H,3H2,1-2H3. The zero-order valence-corrected chi connectivity index (χ0v) is 14.1. The molecule has 0 heterocycles. The Morgan fingerprint density at radius 3 is 2.18 bits per heavy atom. The van der Waals surface area contributed by atoms with Gasteiger partial charge in [-0.1, -0.05) is 57.9 Å². The van der Waals surface area contributed by atoms with Crippen molar-refractivity contribution in [1.82, 2.24) is 0 Å². The van der Waals surface area contributed by atoms with Gasteiger partial charge in [-0.25, -0.2) is 0 Å². The lowest BCUT2D eigenvalue weighted by atomic mass is 9.90. The summed E-state index contributed by atoms with van der Waals surface area (Å²) in [7, 11) is 0. The largest absolute Gasteiger partial charge is 0.465 e. The molecule has 1 atom stereocenters. The minimum Gasteiger partial charge on any atom is -0.465 e. The molecule has 2 aromatic carbocycles. The monoisotopic (exact) mass is 360 g/mol. The van der Waals surface area contributed by atoms with Crippen LogP contribution in [0.5, 0.6) is 0 Å². The molecule has 0 aliphatic heterocycles. The molecule has 0 amide bonds. The van der Waals surface area contributed by atoms with Gasteiger partial charge in [-0.2, -0.15) is 0 Å². The molecule has 0 bridgehead atoms. The second-order valence-corrected chi connectivity index (χ2v) is 5.88. The number of ketones is 1. The third-order valence-electron chi connectivity index (χ3n) is 3.32. The van der Waals surface area contributed by atoms with Crippen molar-refractivity contribution in [1.29, 1.82) is 0 Å². The van der Waals surface area contributed by atoms with Crippen molar-refractivity contribution in [2.45, 2.75) is 19.8 Å². The Morgan fingerprint density at radius 1 is 1.05 bits per heavy atom. The molecule has 2 aromatic rings. The van der Waals surface area contributed by atoms with Gasteiger partial charge < -0.3 is 4.74 Å². The average Bonchev–Trinajstić information content (AvgIpc) is 2.50. The van der Waals surface area contributed by atoms with Gasteiger partial charge in [-0.15, -0.1) is 0 Å². The second kappa shape index (κ2) is 7.36. The summed E-state index contributed by atoms with van der Waals surface area (Å²) in [5.74, 6) is -1.70. The molecular weight excluding hydrogens is 344 g/mol. The number of Topliss-reactive ketones (excluding diaryl/α,β-unsaturated/α-hetero) is 1. The third kappa shape index (κ3) is 3.83. The molecule has 0 aliphatic rings. The van der Waals surface area contributed by atoms with Crippen LogP contribution in [0.1, 0.15) is 34.3 Å². The minimum absolute atomic E-state index is 0.243. The molecule has 0 aromatic heterocycles. The van der Waals surface area contributed by atoms with Crippen molar-refractivity contribution < 1.29 is 14.3 Å². The van der Waals surface area contributed by atoms with Gasteiger partial charge in [0.25, 0.3) is 0 Å². The highest BCUT2D eigenvalue weighted by molar-refractivity contribution is 9.10. The zero-order chi connectivity index (χ0) is 16.1. The summed E-state index contributed by atoms with van der Waals surface area (Å²) < 4.78 is 5.97. The van der Waals surface area contributed by atoms with E-state index in [4.69, 9.17) is 4.74 Å². The predicted molar refractivity (Wildman–Crippen MR) is 89.0 cm³/mol. The van der Waals surface area contributed by atoms with Crippen LogP contribution >= 0.6 is 15.9 Å². The van der Waals surface area contributed by atoms with Crippen molar-refractivity contribution >= 4 is 27.7 Å². The fourth-order valence-corrected chi connectivity index (χ4v) is 2.42. The summed E-state index contributed by atoms with van der Waals surface area (Å²) in [4.78, 5) is 25.0. The van der Waals surface area contributed by atoms with Gasteiger partial charge in [0.05, 0.1) is 6.61 Å². The molecule has 114 valence electrons. The lowest BCUT2D eigenvalue weighted by Crippen LogP contribution is -2.24. The van der Waals surface area contributed by atoms with Gasteiger partial charge in [0.15, 0.2) is 5.78 Å². The molecular formula is C18H17BrO3. The lowest BCUT2D eigenvalue weighted by Gasteiger charge is -2.15. The molecule has 4 heteroatoms. The molecule has 0 saturated heterocycles. The van der Waals surface area contributed by atoms with Gasteiger partial charge in [0.2, 0.25) is 0 Å². The first-order chi connectivity index (χ1) is 10.5. The van der Waals surface area contributed by atoms with E-state index < -0.39 is 11.9 Å². The maximum atomic E-state index is 12.7. The number of hydrogen-bond donors (Lipinski definition) is 0. The Labute approximate surface area is 138 Å². The molecule has 3 nitrogen and oxygen atoms in total. The first-order valence-corrected chi connectivity index (χ1v) is 7.85. The van der Waals surface area contributed by atoms with E-state index >= 15 is 0 Å². The molecule has 0 N–H and O–H groups in total. The second-order valence-electron chi connectivity index (χ2n) is 4.97. The number of hydrogen-bond acceptors (Lipinski definition) is 3. The number of halogens is 1. The summed E-state index contributed by atoms with van der Waals surface area (Å²) in [6.45, 7) is 3.92. The highest BCUT2D eigenvalue weighted by Gasteiger charge is 2.30. The molecule has 0 saturated carbocycles. The fraction of sp³-hybridized carbons (Fsp3) is 0.222. The number of carbonyl (C=O) groups excluding carboxylic acids is 2. The molecule has 1 unspecified atom stereocenters. The maximum absolute atomic E-state index is 12.7. The van der Waals surface area contributed by atoms with E-state index in [-0.39, 0.29) is 12.4 Å². The first-order valence-electron chi connectivity index (χ1n) is 7.06. The van der Waals surface area contributed by atoms with Crippen LogP contribution < -0.4 is 0 Å². The van der Waals surface area contributed by atoms with E-state index in [0.29, 0.717) is 11.1 Å². The number of esters is 1. The smallest absolute Gasteiger partial charge is 0.321 e. The number of aryl methyl sites for hydroxylation is 1. The van der Waals surface area contributed by atoms with Crippen molar-refractivity contribution in [2.24, 2.45) is 0 Å². The van der Waals surface area contributed by atoms with Crippen LogP contribution in [0.3, 0.4) is 0 Å². The summed E-state index contributed by atoms with van der Waals surface area (Å²) in [6, 6.07) is 14.3. The summed E-state index contributed by atoms with van der Waals surface area (Å²) in [5.41, 5.74) is 2.20. The quantitative estimate of drug-likeness (QED) is 0.453. The molecule has 2 rings (SSSR count). The zero-order valence-electron chi connectivity index (χ0n) is 12.5. The molecule has 22 heavy (non-hydrogen) atoms. The molecule has 0 radical (unpaired) electrons. The number of rotatable bonds is 5. The highest BCUT2D eigenvalue weighted by atomic mass is 79.9. The van der Waals surface area contributed by atoms with Gasteiger partial charge in [0.1, 0.15) is 5.92 Å². The number of carbonyl (C=O) groups is 2. The van der Waals surface area contributed by atoms with Crippen LogP contribution in [0.2, 0.25) is 0 Å². The van der Waals surface area contributed by atoms with Crippen LogP contribution in [0.15, 0.2) is 53.0 Å². The van der Waals surface area contributed by atoms with E-state index in [9.17, 15) is 9.59 Å². The topological polar surface area (TPSA) is 43.4 Å². The summed E-state index contributed by atoms with van der Waals surface area (Å²) in [5, 5.41) is 0. The fourth-order valence-electron chi connectivity index (χ4n) is 2.16. The van der Waals surface area contributed by atoms with E-state index in [0.717, 1.165) is 10.0 Å². The van der Waals surface area contributed by atoms with Crippen molar-refractivity contribution in [3.05, 3.63) is 69.7 Å². The van der Waals surface area contributed by atoms with Gasteiger partial charge in [-0.05, 0) is 31.5 Å². The van der Waals surface area contributed by atoms with E-state index in [1.165, 1.54) is 0 Å². The summed E-state index contributed by atoms with van der Waals surface area (Å²) in [6.07, 6.45) is 0. The highest BCUT2D eigenvalue weighted by Crippen LogP contribution is 2.24. The van der Waals surface area contributed by atoms with Crippen molar-refractivity contribution in [3.8, 4) is 0 Å². The van der Waals surface area contributed by atoms with Crippen LogP contribution in [0.25, 0.3) is 0 Å². The van der Waals surface area contributed by atoms with Crippen LogP contribution in [0.4, 0.5) is 0 Å². The molecule has 0 aliphatic carbocycles. The van der Waals surface area contributed by atoms with Gasteiger partial charge in [0, 0.05) is 10.0 Å². The Morgan fingerprint density at radius 2 is 1.64 bits per heavy atom. The average molecular weight is 361 g/mol. The van der Waals surface area contributed by atoms with Crippen molar-refractivity contribution in [3.63, 3.8) is 0 Å². The van der Waals surface area contributed by atoms with E-state index in [1.54, 1.807) is 31.2 Å². The minimum atomic E-state index is -0.934. The van der Waals surface area contributed by atoms with Crippen LogP contribution in [-0.4, -0.2) is 18.4 Å². The third-order valence-corrected chi connectivity index (χ3v) is 3.85.